The number of ether oxygens (including phenoxy) is 1. The Labute approximate surface area is 373 Å². The summed E-state index contributed by atoms with van der Waals surface area (Å²) in [5.74, 6) is -0.112. The first-order chi connectivity index (χ1) is 29.5. The zero-order valence-corrected chi connectivity index (χ0v) is 40.2. The molecule has 6 heteroatoms. The molecule has 0 saturated heterocycles. The fourth-order valence-corrected chi connectivity index (χ4v) is 8.10. The van der Waals surface area contributed by atoms with Gasteiger partial charge in [0, 0.05) is 12.8 Å². The van der Waals surface area contributed by atoms with Crippen LogP contribution in [0.3, 0.4) is 0 Å². The number of carbonyl (C=O) groups excluding carboxylic acids is 2. The monoisotopic (exact) mass is 846 g/mol. The summed E-state index contributed by atoms with van der Waals surface area (Å²) in [4.78, 5) is 24.5. The van der Waals surface area contributed by atoms with Crippen LogP contribution in [0.4, 0.5) is 0 Å². The van der Waals surface area contributed by atoms with Crippen molar-refractivity contribution in [1.82, 2.24) is 5.32 Å². The molecule has 0 aromatic rings. The van der Waals surface area contributed by atoms with E-state index in [1.54, 1.807) is 6.08 Å². The molecule has 0 aliphatic heterocycles. The average Bonchev–Trinajstić information content (AvgIpc) is 3.25. The number of aliphatic hydroxyl groups is 2. The minimum Gasteiger partial charge on any atom is -0.466 e. The summed E-state index contributed by atoms with van der Waals surface area (Å²) in [6, 6.07) is -0.644. The van der Waals surface area contributed by atoms with Gasteiger partial charge in [-0.25, -0.2) is 0 Å². The van der Waals surface area contributed by atoms with Crippen molar-refractivity contribution in [1.29, 1.82) is 0 Å². The minimum absolute atomic E-state index is 0.0214. The second-order valence-corrected chi connectivity index (χ2v) is 18.2. The summed E-state index contributed by atoms with van der Waals surface area (Å²) in [5.41, 5.74) is 0. The van der Waals surface area contributed by atoms with E-state index in [4.69, 9.17) is 4.74 Å². The second-order valence-electron chi connectivity index (χ2n) is 18.2. The number of esters is 1. The molecule has 0 aliphatic carbocycles. The molecule has 60 heavy (non-hydrogen) atoms. The Balaban J connectivity index is 3.48. The van der Waals surface area contributed by atoms with E-state index in [0.29, 0.717) is 19.4 Å². The highest BCUT2D eigenvalue weighted by molar-refractivity contribution is 5.76. The van der Waals surface area contributed by atoms with Crippen LogP contribution in [-0.4, -0.2) is 47.4 Å². The van der Waals surface area contributed by atoms with Crippen molar-refractivity contribution in [2.45, 2.75) is 296 Å². The van der Waals surface area contributed by atoms with Crippen molar-refractivity contribution in [2.24, 2.45) is 0 Å². The summed E-state index contributed by atoms with van der Waals surface area (Å²) < 4.78 is 5.47. The van der Waals surface area contributed by atoms with Crippen molar-refractivity contribution in [2.75, 3.05) is 13.2 Å². The van der Waals surface area contributed by atoms with Crippen LogP contribution in [0, 0.1) is 0 Å². The van der Waals surface area contributed by atoms with Gasteiger partial charge < -0.3 is 20.3 Å². The molecule has 0 fully saturated rings. The van der Waals surface area contributed by atoms with Crippen molar-refractivity contribution in [3.8, 4) is 0 Å². The number of aliphatic hydroxyl groups excluding tert-OH is 2. The SMILES string of the molecule is CCCCCCCC/C=C\CCCCCCCCCCCC(=O)OCCCCCCCCCCCCC(=O)NC(CO)C(O)/C=C/CCCCCCCCCCCCCC. The van der Waals surface area contributed by atoms with Gasteiger partial charge in [-0.2, -0.15) is 0 Å². The van der Waals surface area contributed by atoms with Crippen LogP contribution in [0.2, 0.25) is 0 Å². The third-order valence-electron chi connectivity index (χ3n) is 12.2. The molecule has 0 spiro atoms. The van der Waals surface area contributed by atoms with E-state index in [-0.39, 0.29) is 18.5 Å². The van der Waals surface area contributed by atoms with Gasteiger partial charge in [0.1, 0.15) is 0 Å². The maximum absolute atomic E-state index is 12.4. The molecule has 1 amide bonds. The fourth-order valence-electron chi connectivity index (χ4n) is 8.10. The van der Waals surface area contributed by atoms with E-state index in [2.05, 4.69) is 31.3 Å². The number of carbonyl (C=O) groups is 2. The molecule has 354 valence electrons. The molecule has 0 aromatic heterocycles. The smallest absolute Gasteiger partial charge is 0.305 e. The van der Waals surface area contributed by atoms with Gasteiger partial charge in [-0.1, -0.05) is 237 Å². The number of allylic oxidation sites excluding steroid dienone is 3. The first kappa shape index (κ1) is 58.3. The Hall–Kier alpha value is -1.66. The Bertz CT molecular complexity index is 935. The Morgan fingerprint density at radius 2 is 0.783 bits per heavy atom. The lowest BCUT2D eigenvalue weighted by Crippen LogP contribution is -2.45. The normalized spacial score (nSPS) is 12.8. The van der Waals surface area contributed by atoms with Crippen LogP contribution < -0.4 is 5.32 Å². The number of hydrogen-bond donors (Lipinski definition) is 3. The maximum Gasteiger partial charge on any atom is 0.305 e. The quantitative estimate of drug-likeness (QED) is 0.0322. The van der Waals surface area contributed by atoms with E-state index in [1.165, 1.54) is 199 Å². The summed E-state index contributed by atoms with van der Waals surface area (Å²) in [7, 11) is 0. The molecule has 6 nitrogen and oxygen atoms in total. The molecule has 0 aromatic carbocycles. The maximum atomic E-state index is 12.4. The van der Waals surface area contributed by atoms with Crippen molar-refractivity contribution >= 4 is 11.9 Å². The zero-order valence-electron chi connectivity index (χ0n) is 40.2. The molecule has 0 heterocycles. The van der Waals surface area contributed by atoms with E-state index in [0.717, 1.165) is 57.8 Å². The predicted molar refractivity (Wildman–Crippen MR) is 260 cm³/mol. The molecular weight excluding hydrogens is 743 g/mol. The highest BCUT2D eigenvalue weighted by Crippen LogP contribution is 2.16. The molecular formula is C54H103NO5. The zero-order chi connectivity index (χ0) is 43.7. The van der Waals surface area contributed by atoms with E-state index < -0.39 is 12.1 Å². The average molecular weight is 846 g/mol. The van der Waals surface area contributed by atoms with Gasteiger partial charge in [-0.05, 0) is 57.8 Å². The lowest BCUT2D eigenvalue weighted by atomic mass is 10.0. The van der Waals surface area contributed by atoms with Gasteiger partial charge in [0.15, 0.2) is 0 Å². The highest BCUT2D eigenvalue weighted by Gasteiger charge is 2.18. The first-order valence-corrected chi connectivity index (χ1v) is 26.6. The van der Waals surface area contributed by atoms with Gasteiger partial charge >= 0.3 is 5.97 Å². The largest absolute Gasteiger partial charge is 0.466 e. The summed E-state index contributed by atoms with van der Waals surface area (Å²) in [5, 5.41) is 23.0. The molecule has 0 rings (SSSR count). The number of rotatable bonds is 49. The molecule has 3 N–H and O–H groups in total. The Kier molecular flexibility index (Phi) is 48.6. The third kappa shape index (κ3) is 45.9. The molecule has 0 aliphatic rings. The van der Waals surface area contributed by atoms with E-state index >= 15 is 0 Å². The van der Waals surface area contributed by atoms with E-state index in [1.807, 2.05) is 6.08 Å². The highest BCUT2D eigenvalue weighted by atomic mass is 16.5. The minimum atomic E-state index is -0.858. The summed E-state index contributed by atoms with van der Waals surface area (Å²) in [6.07, 6.45) is 58.9. The Morgan fingerprint density at radius 1 is 0.450 bits per heavy atom. The number of hydrogen-bond acceptors (Lipinski definition) is 5. The molecule has 2 atom stereocenters. The molecule has 0 radical (unpaired) electrons. The molecule has 0 bridgehead atoms. The number of amides is 1. The number of unbranched alkanes of at least 4 members (excludes halogenated alkanes) is 36. The second kappa shape index (κ2) is 50.0. The standard InChI is InChI=1S/C54H103NO5/c1-3-5-7-9-11-13-15-17-19-20-21-22-23-25-27-32-36-40-44-48-54(59)60-49-45-41-37-33-29-28-31-35-39-43-47-53(58)55-51(50-56)52(57)46-42-38-34-30-26-24-18-16-14-12-10-8-6-4-2/h17,19,42,46,51-52,56-57H,3-16,18,20-41,43-45,47-50H2,1-2H3,(H,55,58)/b19-17-,46-42+. The van der Waals surface area contributed by atoms with Crippen molar-refractivity contribution in [3.05, 3.63) is 24.3 Å². The van der Waals surface area contributed by atoms with Crippen molar-refractivity contribution in [3.63, 3.8) is 0 Å². The topological polar surface area (TPSA) is 95.9 Å². The van der Waals surface area contributed by atoms with Crippen LogP contribution in [0.5, 0.6) is 0 Å². The molecule has 0 saturated carbocycles. The van der Waals surface area contributed by atoms with Gasteiger partial charge in [0.25, 0.3) is 0 Å². The van der Waals surface area contributed by atoms with Gasteiger partial charge in [-0.3, -0.25) is 9.59 Å². The van der Waals surface area contributed by atoms with E-state index in [9.17, 15) is 19.8 Å². The lowest BCUT2D eigenvalue weighted by molar-refractivity contribution is -0.143. The molecule has 2 unspecified atom stereocenters. The third-order valence-corrected chi connectivity index (χ3v) is 12.2. The van der Waals surface area contributed by atoms with Crippen molar-refractivity contribution < 1.29 is 24.5 Å². The summed E-state index contributed by atoms with van der Waals surface area (Å²) in [6.45, 7) is 4.85. The fraction of sp³-hybridized carbons (Fsp3) is 0.889. The predicted octanol–water partition coefficient (Wildman–Crippen LogP) is 15.9. The van der Waals surface area contributed by atoms with Crippen LogP contribution in [-0.2, 0) is 14.3 Å². The van der Waals surface area contributed by atoms with Gasteiger partial charge in [0.05, 0.1) is 25.4 Å². The van der Waals surface area contributed by atoms with Crippen LogP contribution in [0.15, 0.2) is 24.3 Å². The van der Waals surface area contributed by atoms with Crippen LogP contribution in [0.1, 0.15) is 284 Å². The van der Waals surface area contributed by atoms with Crippen LogP contribution >= 0.6 is 0 Å². The van der Waals surface area contributed by atoms with Gasteiger partial charge in [0.2, 0.25) is 5.91 Å². The first-order valence-electron chi connectivity index (χ1n) is 26.6. The van der Waals surface area contributed by atoms with Crippen LogP contribution in [0.25, 0.3) is 0 Å². The Morgan fingerprint density at radius 3 is 1.18 bits per heavy atom. The number of nitrogens with one attached hydrogen (secondary N) is 1. The lowest BCUT2D eigenvalue weighted by Gasteiger charge is -2.20. The van der Waals surface area contributed by atoms with Gasteiger partial charge in [-0.15, -0.1) is 0 Å². The summed E-state index contributed by atoms with van der Waals surface area (Å²) >= 11 is 0.